The molecule has 1 N–H and O–H groups in total. The Bertz CT molecular complexity index is 888. The monoisotopic (exact) mass is 366 g/mol. The summed E-state index contributed by atoms with van der Waals surface area (Å²) < 4.78 is 16.6. The molecule has 1 aliphatic carbocycles. The molecule has 1 amide bonds. The Morgan fingerprint density at radius 2 is 1.96 bits per heavy atom. The molecule has 2 aromatic rings. The standard InChI is InChI=1S/C21H22N2O4/c1-23(2)16-6-3-14(19(12-16)27-17-7-8-17)4-10-21(24)22-15-5-9-18-20(11-15)26-13-25-18/h3-6,9-12,17H,7-8,13H2,1-2H3,(H,22,24). The lowest BCUT2D eigenvalue weighted by molar-refractivity contribution is -0.111. The molecule has 0 aromatic heterocycles. The number of rotatable bonds is 6. The lowest BCUT2D eigenvalue weighted by Gasteiger charge is -2.16. The molecule has 0 unspecified atom stereocenters. The van der Waals surface area contributed by atoms with E-state index in [4.69, 9.17) is 14.2 Å². The Labute approximate surface area is 158 Å². The van der Waals surface area contributed by atoms with Gasteiger partial charge in [-0.25, -0.2) is 0 Å². The molecule has 27 heavy (non-hydrogen) atoms. The molecule has 1 fully saturated rings. The summed E-state index contributed by atoms with van der Waals surface area (Å²) in [5.41, 5.74) is 2.60. The number of hydrogen-bond donors (Lipinski definition) is 1. The summed E-state index contributed by atoms with van der Waals surface area (Å²) in [5.74, 6) is 1.90. The molecule has 1 aliphatic heterocycles. The van der Waals surface area contributed by atoms with Gasteiger partial charge >= 0.3 is 0 Å². The van der Waals surface area contributed by atoms with Crippen LogP contribution in [0.4, 0.5) is 11.4 Å². The normalized spacial score (nSPS) is 15.0. The maximum absolute atomic E-state index is 12.3. The Morgan fingerprint density at radius 1 is 1.15 bits per heavy atom. The van der Waals surface area contributed by atoms with E-state index in [2.05, 4.69) is 5.32 Å². The zero-order chi connectivity index (χ0) is 18.8. The molecule has 4 rings (SSSR count). The summed E-state index contributed by atoms with van der Waals surface area (Å²) in [5, 5.41) is 2.83. The van der Waals surface area contributed by atoms with Crippen molar-refractivity contribution in [2.75, 3.05) is 31.1 Å². The first-order chi connectivity index (χ1) is 13.1. The van der Waals surface area contributed by atoms with Crippen molar-refractivity contribution in [2.24, 2.45) is 0 Å². The fraction of sp³-hybridized carbons (Fsp3) is 0.286. The van der Waals surface area contributed by atoms with Crippen LogP contribution in [-0.2, 0) is 4.79 Å². The highest BCUT2D eigenvalue weighted by Crippen LogP contribution is 2.34. The molecule has 0 radical (unpaired) electrons. The zero-order valence-electron chi connectivity index (χ0n) is 15.4. The van der Waals surface area contributed by atoms with Crippen molar-refractivity contribution < 1.29 is 19.0 Å². The summed E-state index contributed by atoms with van der Waals surface area (Å²) in [7, 11) is 3.98. The van der Waals surface area contributed by atoms with Gasteiger partial charge in [-0.15, -0.1) is 0 Å². The minimum absolute atomic E-state index is 0.208. The van der Waals surface area contributed by atoms with Crippen LogP contribution in [0.3, 0.4) is 0 Å². The molecular weight excluding hydrogens is 344 g/mol. The summed E-state index contributed by atoms with van der Waals surface area (Å²) in [4.78, 5) is 14.3. The first kappa shape index (κ1) is 17.3. The molecule has 6 nitrogen and oxygen atoms in total. The van der Waals surface area contributed by atoms with Gasteiger partial charge < -0.3 is 24.4 Å². The third kappa shape index (κ3) is 4.16. The fourth-order valence-electron chi connectivity index (χ4n) is 2.73. The lowest BCUT2D eigenvalue weighted by atomic mass is 10.1. The number of fused-ring (bicyclic) bond motifs is 1. The van der Waals surface area contributed by atoms with Gasteiger partial charge in [0.2, 0.25) is 12.7 Å². The quantitative estimate of drug-likeness (QED) is 0.791. The van der Waals surface area contributed by atoms with Gasteiger partial charge in [0.05, 0.1) is 6.10 Å². The SMILES string of the molecule is CN(C)c1ccc(C=CC(=O)Nc2ccc3c(c2)OCO3)c(OC2CC2)c1. The van der Waals surface area contributed by atoms with Gasteiger partial charge in [0.15, 0.2) is 11.5 Å². The van der Waals surface area contributed by atoms with Crippen LogP contribution in [0.25, 0.3) is 6.08 Å². The number of amides is 1. The van der Waals surface area contributed by atoms with Gasteiger partial charge in [-0.3, -0.25) is 4.79 Å². The number of anilines is 2. The summed E-state index contributed by atoms with van der Waals surface area (Å²) in [6, 6.07) is 11.3. The largest absolute Gasteiger partial charge is 0.490 e. The van der Waals surface area contributed by atoms with E-state index in [0.29, 0.717) is 17.2 Å². The second kappa shape index (κ2) is 7.23. The van der Waals surface area contributed by atoms with Crippen LogP contribution >= 0.6 is 0 Å². The smallest absolute Gasteiger partial charge is 0.248 e. The van der Waals surface area contributed by atoms with Gasteiger partial charge in [-0.1, -0.05) is 0 Å². The van der Waals surface area contributed by atoms with Crippen molar-refractivity contribution in [2.45, 2.75) is 18.9 Å². The van der Waals surface area contributed by atoms with E-state index in [1.807, 2.05) is 37.2 Å². The molecule has 140 valence electrons. The van der Waals surface area contributed by atoms with Crippen LogP contribution in [0.15, 0.2) is 42.5 Å². The Balaban J connectivity index is 1.47. The van der Waals surface area contributed by atoms with Gasteiger partial charge in [0.1, 0.15) is 5.75 Å². The van der Waals surface area contributed by atoms with E-state index in [0.717, 1.165) is 29.8 Å². The van der Waals surface area contributed by atoms with Gasteiger partial charge in [0.25, 0.3) is 0 Å². The third-order valence-corrected chi connectivity index (χ3v) is 4.39. The van der Waals surface area contributed by atoms with E-state index >= 15 is 0 Å². The van der Waals surface area contributed by atoms with Crippen molar-refractivity contribution in [3.63, 3.8) is 0 Å². The number of carbonyl (C=O) groups excluding carboxylic acids is 1. The van der Waals surface area contributed by atoms with Crippen molar-refractivity contribution in [3.05, 3.63) is 48.0 Å². The minimum atomic E-state index is -0.220. The second-order valence-corrected chi connectivity index (χ2v) is 6.82. The predicted molar refractivity (Wildman–Crippen MR) is 105 cm³/mol. The molecule has 6 heteroatoms. The molecular formula is C21H22N2O4. The van der Waals surface area contributed by atoms with Crippen LogP contribution < -0.4 is 24.4 Å². The molecule has 2 aromatic carbocycles. The molecule has 1 heterocycles. The molecule has 0 spiro atoms. The van der Waals surface area contributed by atoms with E-state index in [9.17, 15) is 4.79 Å². The summed E-state index contributed by atoms with van der Waals surface area (Å²) in [6.07, 6.45) is 5.74. The molecule has 2 aliphatic rings. The summed E-state index contributed by atoms with van der Waals surface area (Å²) in [6.45, 7) is 0.208. The highest BCUT2D eigenvalue weighted by molar-refractivity contribution is 6.02. The molecule has 0 saturated heterocycles. The number of benzene rings is 2. The zero-order valence-corrected chi connectivity index (χ0v) is 15.4. The third-order valence-electron chi connectivity index (χ3n) is 4.39. The van der Waals surface area contributed by atoms with Crippen molar-refractivity contribution in [1.82, 2.24) is 0 Å². The Morgan fingerprint density at radius 3 is 2.74 bits per heavy atom. The number of ether oxygens (including phenoxy) is 3. The maximum Gasteiger partial charge on any atom is 0.248 e. The molecule has 0 bridgehead atoms. The van der Waals surface area contributed by atoms with Crippen LogP contribution in [0.1, 0.15) is 18.4 Å². The van der Waals surface area contributed by atoms with Gasteiger partial charge in [-0.05, 0) is 43.2 Å². The van der Waals surface area contributed by atoms with Crippen molar-refractivity contribution >= 4 is 23.4 Å². The lowest BCUT2D eigenvalue weighted by Crippen LogP contribution is -2.09. The van der Waals surface area contributed by atoms with Crippen LogP contribution in [-0.4, -0.2) is 32.9 Å². The predicted octanol–water partition coefficient (Wildman–Crippen LogP) is 3.67. The van der Waals surface area contributed by atoms with Crippen LogP contribution in [0.2, 0.25) is 0 Å². The first-order valence-electron chi connectivity index (χ1n) is 8.95. The van der Waals surface area contributed by atoms with Crippen LogP contribution in [0, 0.1) is 0 Å². The molecule has 1 saturated carbocycles. The maximum atomic E-state index is 12.3. The Hall–Kier alpha value is -3.15. The number of carbonyl (C=O) groups is 1. The minimum Gasteiger partial charge on any atom is -0.490 e. The molecule has 0 atom stereocenters. The highest BCUT2D eigenvalue weighted by Gasteiger charge is 2.24. The number of hydrogen-bond acceptors (Lipinski definition) is 5. The number of nitrogens with zero attached hydrogens (tertiary/aromatic N) is 1. The first-order valence-corrected chi connectivity index (χ1v) is 8.95. The van der Waals surface area contributed by atoms with E-state index in [-0.39, 0.29) is 18.8 Å². The second-order valence-electron chi connectivity index (χ2n) is 6.82. The highest BCUT2D eigenvalue weighted by atomic mass is 16.7. The van der Waals surface area contributed by atoms with Crippen LogP contribution in [0.5, 0.6) is 17.2 Å². The van der Waals surface area contributed by atoms with Crippen molar-refractivity contribution in [3.8, 4) is 17.2 Å². The average molecular weight is 366 g/mol. The van der Waals surface area contributed by atoms with Crippen molar-refractivity contribution in [1.29, 1.82) is 0 Å². The Kier molecular flexibility index (Phi) is 4.62. The summed E-state index contributed by atoms with van der Waals surface area (Å²) >= 11 is 0. The average Bonchev–Trinajstić information content (AvgIpc) is 3.34. The van der Waals surface area contributed by atoms with Gasteiger partial charge in [-0.2, -0.15) is 0 Å². The van der Waals surface area contributed by atoms with Gasteiger partial charge in [0, 0.05) is 49.2 Å². The van der Waals surface area contributed by atoms with E-state index < -0.39 is 0 Å². The van der Waals surface area contributed by atoms with E-state index in [1.165, 1.54) is 6.08 Å². The number of nitrogens with one attached hydrogen (secondary N) is 1. The van der Waals surface area contributed by atoms with E-state index in [1.54, 1.807) is 24.3 Å². The fourth-order valence-corrected chi connectivity index (χ4v) is 2.73. The topological polar surface area (TPSA) is 60.0 Å².